The Labute approximate surface area is 124 Å². The largest absolute Gasteiger partial charge is 0.399 e. The predicted octanol–water partition coefficient (Wildman–Crippen LogP) is 2.29. The number of nitrogens with two attached hydrogens (primary N) is 2. The summed E-state index contributed by atoms with van der Waals surface area (Å²) in [5.74, 6) is -0.154. The number of nitrogen functional groups attached to an aromatic ring is 2. The van der Waals surface area contributed by atoms with Gasteiger partial charge in [-0.05, 0) is 40.8 Å². The molecular weight excluding hydrogens is 295 g/mol. The average molecular weight is 305 g/mol. The molecule has 0 saturated heterocycles. The SMILES string of the molecule is Nc1cc(N)cc(-c2nnnn2-c2ccc(Cl)c(F)c2)c1. The molecule has 1 aromatic heterocycles. The lowest BCUT2D eigenvalue weighted by atomic mass is 10.1. The summed E-state index contributed by atoms with van der Waals surface area (Å²) >= 11 is 5.67. The van der Waals surface area contributed by atoms with Crippen molar-refractivity contribution in [2.75, 3.05) is 11.5 Å². The predicted molar refractivity (Wildman–Crippen MR) is 78.4 cm³/mol. The number of benzene rings is 2. The zero-order chi connectivity index (χ0) is 15.0. The maximum atomic E-state index is 13.6. The summed E-state index contributed by atoms with van der Waals surface area (Å²) in [7, 11) is 0. The Balaban J connectivity index is 2.14. The third kappa shape index (κ3) is 2.50. The lowest BCUT2D eigenvalue weighted by Gasteiger charge is -2.07. The number of rotatable bonds is 2. The number of anilines is 2. The van der Waals surface area contributed by atoms with E-state index >= 15 is 0 Å². The Morgan fingerprint density at radius 1 is 1.05 bits per heavy atom. The number of halogens is 2. The first-order chi connectivity index (χ1) is 10.0. The van der Waals surface area contributed by atoms with Gasteiger partial charge in [0.2, 0.25) is 0 Å². The summed E-state index contributed by atoms with van der Waals surface area (Å²) in [4.78, 5) is 0. The summed E-state index contributed by atoms with van der Waals surface area (Å²) < 4.78 is 15.0. The molecule has 4 N–H and O–H groups in total. The second-order valence-corrected chi connectivity index (χ2v) is 4.81. The van der Waals surface area contributed by atoms with Crippen LogP contribution in [0.15, 0.2) is 36.4 Å². The molecule has 106 valence electrons. The average Bonchev–Trinajstić information content (AvgIpc) is 2.90. The molecule has 3 aromatic rings. The third-order valence-corrected chi connectivity index (χ3v) is 3.16. The minimum absolute atomic E-state index is 0.0292. The number of tetrazole rings is 1. The van der Waals surface area contributed by atoms with Crippen molar-refractivity contribution in [3.8, 4) is 17.1 Å². The fourth-order valence-electron chi connectivity index (χ4n) is 1.96. The Bertz CT molecular complexity index is 796. The molecule has 0 radical (unpaired) electrons. The Hall–Kier alpha value is -2.67. The van der Waals surface area contributed by atoms with Crippen molar-refractivity contribution in [3.05, 3.63) is 47.2 Å². The van der Waals surface area contributed by atoms with Crippen LogP contribution in [-0.4, -0.2) is 20.2 Å². The van der Waals surface area contributed by atoms with E-state index in [1.165, 1.54) is 16.8 Å². The van der Waals surface area contributed by atoms with Gasteiger partial charge in [-0.15, -0.1) is 5.10 Å². The first-order valence-electron chi connectivity index (χ1n) is 5.95. The molecule has 0 saturated carbocycles. The van der Waals surface area contributed by atoms with Crippen LogP contribution in [0, 0.1) is 5.82 Å². The highest BCUT2D eigenvalue weighted by molar-refractivity contribution is 6.30. The first kappa shape index (κ1) is 13.3. The monoisotopic (exact) mass is 304 g/mol. The fourth-order valence-corrected chi connectivity index (χ4v) is 2.08. The maximum Gasteiger partial charge on any atom is 0.187 e. The van der Waals surface area contributed by atoms with Crippen molar-refractivity contribution in [1.29, 1.82) is 0 Å². The molecule has 0 unspecified atom stereocenters. The van der Waals surface area contributed by atoms with Gasteiger partial charge in [0.05, 0.1) is 10.7 Å². The van der Waals surface area contributed by atoms with Crippen LogP contribution in [0.25, 0.3) is 17.1 Å². The molecule has 2 aromatic carbocycles. The Morgan fingerprint density at radius 2 is 1.76 bits per heavy atom. The van der Waals surface area contributed by atoms with Gasteiger partial charge in [-0.3, -0.25) is 0 Å². The Morgan fingerprint density at radius 3 is 2.43 bits per heavy atom. The van der Waals surface area contributed by atoms with Gasteiger partial charge in [-0.25, -0.2) is 4.39 Å². The normalized spacial score (nSPS) is 10.8. The number of hydrogen-bond acceptors (Lipinski definition) is 5. The molecule has 0 amide bonds. The van der Waals surface area contributed by atoms with E-state index in [1.807, 2.05) is 0 Å². The zero-order valence-corrected chi connectivity index (χ0v) is 11.4. The van der Waals surface area contributed by atoms with Gasteiger partial charge in [0.15, 0.2) is 5.82 Å². The highest BCUT2D eigenvalue weighted by Gasteiger charge is 2.13. The summed E-state index contributed by atoms with van der Waals surface area (Å²) in [6.45, 7) is 0. The second-order valence-electron chi connectivity index (χ2n) is 4.40. The minimum atomic E-state index is -0.553. The van der Waals surface area contributed by atoms with Crippen molar-refractivity contribution < 1.29 is 4.39 Å². The van der Waals surface area contributed by atoms with E-state index in [-0.39, 0.29) is 5.02 Å². The lowest BCUT2D eigenvalue weighted by Crippen LogP contribution is -2.01. The van der Waals surface area contributed by atoms with Crippen LogP contribution < -0.4 is 11.5 Å². The highest BCUT2D eigenvalue weighted by atomic mass is 35.5. The topological polar surface area (TPSA) is 95.6 Å². The third-order valence-electron chi connectivity index (χ3n) is 2.85. The second kappa shape index (κ2) is 5.02. The summed E-state index contributed by atoms with van der Waals surface area (Å²) in [6.07, 6.45) is 0. The molecule has 0 spiro atoms. The van der Waals surface area contributed by atoms with Gasteiger partial charge in [-0.1, -0.05) is 11.6 Å². The molecule has 6 nitrogen and oxygen atoms in total. The molecule has 0 atom stereocenters. The first-order valence-corrected chi connectivity index (χ1v) is 6.32. The van der Waals surface area contributed by atoms with E-state index < -0.39 is 5.82 Å². The van der Waals surface area contributed by atoms with Crippen LogP contribution in [0.1, 0.15) is 0 Å². The molecule has 8 heteroatoms. The quantitative estimate of drug-likeness (QED) is 0.708. The van der Waals surface area contributed by atoms with Crippen LogP contribution in [0.5, 0.6) is 0 Å². The molecule has 3 rings (SSSR count). The van der Waals surface area contributed by atoms with Gasteiger partial charge < -0.3 is 11.5 Å². The highest BCUT2D eigenvalue weighted by Crippen LogP contribution is 2.25. The standard InChI is InChI=1S/C13H10ClFN6/c14-11-2-1-10(6-12(11)15)21-13(18-19-20-21)7-3-8(16)5-9(17)4-7/h1-6H,16-17H2. The van der Waals surface area contributed by atoms with E-state index in [1.54, 1.807) is 24.3 Å². The molecule has 21 heavy (non-hydrogen) atoms. The minimum Gasteiger partial charge on any atom is -0.399 e. The smallest absolute Gasteiger partial charge is 0.187 e. The number of nitrogens with zero attached hydrogens (tertiary/aromatic N) is 4. The van der Waals surface area contributed by atoms with Crippen molar-refractivity contribution in [3.63, 3.8) is 0 Å². The molecule has 1 heterocycles. The van der Waals surface area contributed by atoms with Crippen LogP contribution >= 0.6 is 11.6 Å². The summed E-state index contributed by atoms with van der Waals surface area (Å²) in [5, 5.41) is 11.4. The molecule has 0 aliphatic carbocycles. The van der Waals surface area contributed by atoms with Gasteiger partial charge >= 0.3 is 0 Å². The summed E-state index contributed by atoms with van der Waals surface area (Å²) in [5.41, 5.74) is 13.6. The van der Waals surface area contributed by atoms with Crippen LogP contribution in [0.3, 0.4) is 0 Å². The number of aromatic nitrogens is 4. The van der Waals surface area contributed by atoms with Crippen molar-refractivity contribution in [2.45, 2.75) is 0 Å². The van der Waals surface area contributed by atoms with Gasteiger partial charge in [0, 0.05) is 23.0 Å². The van der Waals surface area contributed by atoms with E-state index in [0.717, 1.165) is 0 Å². The lowest BCUT2D eigenvalue weighted by molar-refractivity contribution is 0.625. The molecule has 0 aliphatic heterocycles. The maximum absolute atomic E-state index is 13.6. The van der Waals surface area contributed by atoms with Gasteiger partial charge in [0.1, 0.15) is 5.82 Å². The summed E-state index contributed by atoms with van der Waals surface area (Å²) in [6, 6.07) is 9.29. The van der Waals surface area contributed by atoms with Crippen molar-refractivity contribution in [2.24, 2.45) is 0 Å². The van der Waals surface area contributed by atoms with Crippen molar-refractivity contribution >= 4 is 23.0 Å². The molecule has 0 bridgehead atoms. The van der Waals surface area contributed by atoms with E-state index in [4.69, 9.17) is 23.1 Å². The Kier molecular flexibility index (Phi) is 3.19. The van der Waals surface area contributed by atoms with Crippen LogP contribution in [-0.2, 0) is 0 Å². The molecule has 0 fully saturated rings. The van der Waals surface area contributed by atoms with Gasteiger partial charge in [-0.2, -0.15) is 4.68 Å². The van der Waals surface area contributed by atoms with Crippen LogP contribution in [0.4, 0.5) is 15.8 Å². The zero-order valence-electron chi connectivity index (χ0n) is 10.7. The number of hydrogen-bond donors (Lipinski definition) is 2. The van der Waals surface area contributed by atoms with E-state index in [2.05, 4.69) is 15.5 Å². The molecular formula is C13H10ClFN6. The van der Waals surface area contributed by atoms with Gasteiger partial charge in [0.25, 0.3) is 0 Å². The fraction of sp³-hybridized carbons (Fsp3) is 0. The van der Waals surface area contributed by atoms with E-state index in [0.29, 0.717) is 28.5 Å². The molecule has 0 aliphatic rings. The van der Waals surface area contributed by atoms with Crippen molar-refractivity contribution in [1.82, 2.24) is 20.2 Å². The van der Waals surface area contributed by atoms with E-state index in [9.17, 15) is 4.39 Å². The van der Waals surface area contributed by atoms with Crippen LogP contribution in [0.2, 0.25) is 5.02 Å².